The lowest BCUT2D eigenvalue weighted by molar-refractivity contribution is -0.136. The van der Waals surface area contributed by atoms with E-state index in [1.165, 1.54) is 0 Å². The van der Waals surface area contributed by atoms with Gasteiger partial charge in [0.15, 0.2) is 0 Å². The van der Waals surface area contributed by atoms with E-state index in [9.17, 15) is 19.2 Å². The fourth-order valence-electron chi connectivity index (χ4n) is 4.97. The van der Waals surface area contributed by atoms with Gasteiger partial charge in [-0.1, -0.05) is 12.1 Å². The molecule has 3 heterocycles. The van der Waals surface area contributed by atoms with Crippen molar-refractivity contribution in [3.8, 4) is 0 Å². The van der Waals surface area contributed by atoms with Crippen LogP contribution in [0.25, 0.3) is 0 Å². The van der Waals surface area contributed by atoms with Crippen molar-refractivity contribution in [1.82, 2.24) is 15.1 Å². The molecule has 4 rings (SSSR count). The van der Waals surface area contributed by atoms with Crippen LogP contribution in [-0.4, -0.2) is 58.1 Å². The molecule has 3 N–H and O–H groups in total. The number of nitrogens with zero attached hydrogens (tertiary/aromatic N) is 2. The minimum absolute atomic E-state index is 0.118. The zero-order chi connectivity index (χ0) is 23.0. The molecule has 0 bridgehead atoms. The van der Waals surface area contributed by atoms with Crippen LogP contribution < -0.4 is 11.1 Å². The number of fused-ring (bicyclic) bond motifs is 1. The molecule has 8 nitrogen and oxygen atoms in total. The smallest absolute Gasteiger partial charge is 0.262 e. The molecule has 0 saturated carbocycles. The van der Waals surface area contributed by atoms with Crippen molar-refractivity contribution in [1.29, 1.82) is 0 Å². The molecule has 3 aliphatic heterocycles. The fourth-order valence-corrected chi connectivity index (χ4v) is 4.97. The standard InChI is InChI=1S/C24H32N4O4/c1-24(2,25)11-8-15-9-12-27(13-10-15)14-16-4-3-5-17-20(16)23(32)28(22(17)31)18-6-7-19(29)26-21(18)30/h3-5,15,18H,6-14,25H2,1-2H3,(H,26,29,30). The molecule has 0 spiro atoms. The summed E-state index contributed by atoms with van der Waals surface area (Å²) in [6.07, 6.45) is 4.62. The van der Waals surface area contributed by atoms with Crippen LogP contribution in [0.2, 0.25) is 0 Å². The van der Waals surface area contributed by atoms with Crippen LogP contribution in [0, 0.1) is 5.92 Å². The molecule has 2 saturated heterocycles. The minimum atomic E-state index is -0.935. The largest absolute Gasteiger partial charge is 0.326 e. The van der Waals surface area contributed by atoms with Gasteiger partial charge in [0, 0.05) is 18.5 Å². The number of nitrogens with two attached hydrogens (primary N) is 1. The van der Waals surface area contributed by atoms with Crippen molar-refractivity contribution in [3.63, 3.8) is 0 Å². The summed E-state index contributed by atoms with van der Waals surface area (Å²) >= 11 is 0. The van der Waals surface area contributed by atoms with Crippen LogP contribution in [0.4, 0.5) is 0 Å². The number of nitrogens with one attached hydrogen (secondary N) is 1. The maximum atomic E-state index is 13.2. The highest BCUT2D eigenvalue weighted by molar-refractivity contribution is 6.24. The number of amides is 4. The van der Waals surface area contributed by atoms with E-state index < -0.39 is 23.8 Å². The normalized spacial score (nSPS) is 23.0. The fraction of sp³-hybridized carbons (Fsp3) is 0.583. The minimum Gasteiger partial charge on any atom is -0.326 e. The summed E-state index contributed by atoms with van der Waals surface area (Å²) in [6, 6.07) is 4.39. The van der Waals surface area contributed by atoms with E-state index in [0.717, 1.165) is 49.2 Å². The molecule has 2 fully saturated rings. The number of carbonyl (C=O) groups excluding carboxylic acids is 4. The third-order valence-corrected chi connectivity index (χ3v) is 6.85. The number of likely N-dealkylation sites (tertiary alicyclic amines) is 1. The Morgan fingerprint density at radius 1 is 1.06 bits per heavy atom. The first kappa shape index (κ1) is 22.6. The summed E-state index contributed by atoms with van der Waals surface area (Å²) in [6.45, 7) is 6.61. The van der Waals surface area contributed by atoms with Crippen LogP contribution in [0.15, 0.2) is 18.2 Å². The van der Waals surface area contributed by atoms with Crippen molar-refractivity contribution >= 4 is 23.6 Å². The second-order valence-corrected chi connectivity index (χ2v) is 10.0. The highest BCUT2D eigenvalue weighted by atomic mass is 16.2. The first-order chi connectivity index (χ1) is 15.1. The maximum absolute atomic E-state index is 13.2. The van der Waals surface area contributed by atoms with Gasteiger partial charge in [-0.05, 0) is 76.6 Å². The van der Waals surface area contributed by atoms with E-state index in [2.05, 4.69) is 24.1 Å². The van der Waals surface area contributed by atoms with Crippen LogP contribution in [-0.2, 0) is 16.1 Å². The lowest BCUT2D eigenvalue weighted by Gasteiger charge is -2.33. The maximum Gasteiger partial charge on any atom is 0.262 e. The number of hydrogen-bond acceptors (Lipinski definition) is 6. The molecular weight excluding hydrogens is 408 g/mol. The predicted octanol–water partition coefficient (Wildman–Crippen LogP) is 1.82. The summed E-state index contributed by atoms with van der Waals surface area (Å²) in [5.41, 5.74) is 7.55. The quantitative estimate of drug-likeness (QED) is 0.653. The predicted molar refractivity (Wildman–Crippen MR) is 119 cm³/mol. The third-order valence-electron chi connectivity index (χ3n) is 6.85. The molecule has 1 aromatic rings. The van der Waals surface area contributed by atoms with E-state index in [4.69, 9.17) is 5.73 Å². The summed E-state index contributed by atoms with van der Waals surface area (Å²) in [5.74, 6) is -1.18. The molecule has 32 heavy (non-hydrogen) atoms. The van der Waals surface area contributed by atoms with Gasteiger partial charge in [0.2, 0.25) is 11.8 Å². The van der Waals surface area contributed by atoms with Gasteiger partial charge in [-0.3, -0.25) is 34.3 Å². The monoisotopic (exact) mass is 440 g/mol. The van der Waals surface area contributed by atoms with Gasteiger partial charge >= 0.3 is 0 Å². The highest BCUT2D eigenvalue weighted by Crippen LogP contribution is 2.32. The summed E-state index contributed by atoms with van der Waals surface area (Å²) < 4.78 is 0. The molecule has 1 unspecified atom stereocenters. The molecule has 1 atom stereocenters. The average molecular weight is 441 g/mol. The van der Waals surface area contributed by atoms with Crippen molar-refractivity contribution < 1.29 is 19.2 Å². The van der Waals surface area contributed by atoms with Gasteiger partial charge in [-0.25, -0.2) is 0 Å². The summed E-state index contributed by atoms with van der Waals surface area (Å²) in [7, 11) is 0. The molecule has 0 radical (unpaired) electrons. The van der Waals surface area contributed by atoms with Gasteiger partial charge in [0.05, 0.1) is 11.1 Å². The topological polar surface area (TPSA) is 113 Å². The number of imide groups is 2. The Morgan fingerprint density at radius 3 is 2.44 bits per heavy atom. The number of piperidine rings is 2. The highest BCUT2D eigenvalue weighted by Gasteiger charge is 2.45. The molecule has 1 aromatic carbocycles. The Hall–Kier alpha value is -2.58. The van der Waals surface area contributed by atoms with Gasteiger partial charge < -0.3 is 5.73 Å². The molecular formula is C24H32N4O4. The first-order valence-electron chi connectivity index (χ1n) is 11.5. The third kappa shape index (κ3) is 4.61. The van der Waals surface area contributed by atoms with Crippen LogP contribution in [0.1, 0.15) is 78.7 Å². The summed E-state index contributed by atoms with van der Waals surface area (Å²) in [5, 5.41) is 2.24. The van der Waals surface area contributed by atoms with E-state index >= 15 is 0 Å². The van der Waals surface area contributed by atoms with Crippen molar-refractivity contribution in [2.45, 2.75) is 70.5 Å². The lowest BCUT2D eigenvalue weighted by Crippen LogP contribution is -2.54. The van der Waals surface area contributed by atoms with Crippen molar-refractivity contribution in [2.75, 3.05) is 13.1 Å². The van der Waals surface area contributed by atoms with Gasteiger partial charge in [0.25, 0.3) is 11.8 Å². The average Bonchev–Trinajstić information content (AvgIpc) is 2.98. The van der Waals surface area contributed by atoms with Crippen molar-refractivity contribution in [2.24, 2.45) is 11.7 Å². The second kappa shape index (κ2) is 8.75. The van der Waals surface area contributed by atoms with Gasteiger partial charge in [0.1, 0.15) is 6.04 Å². The lowest BCUT2D eigenvalue weighted by atomic mass is 9.87. The van der Waals surface area contributed by atoms with Crippen LogP contribution in [0.3, 0.4) is 0 Å². The first-order valence-corrected chi connectivity index (χ1v) is 11.5. The van der Waals surface area contributed by atoms with Gasteiger partial charge in [-0.2, -0.15) is 0 Å². The SMILES string of the molecule is CC(C)(N)CCC1CCN(Cc2cccc3c2C(=O)N(C2CCC(=O)NC2=O)C3=O)CC1. The molecule has 3 aliphatic rings. The molecule has 4 amide bonds. The zero-order valence-corrected chi connectivity index (χ0v) is 18.9. The Labute approximate surface area is 188 Å². The zero-order valence-electron chi connectivity index (χ0n) is 18.9. The number of rotatable bonds is 6. The Balaban J connectivity index is 1.44. The van der Waals surface area contributed by atoms with Gasteiger partial charge in [-0.15, -0.1) is 0 Å². The van der Waals surface area contributed by atoms with E-state index in [1.807, 2.05) is 6.07 Å². The molecule has 172 valence electrons. The summed E-state index contributed by atoms with van der Waals surface area (Å²) in [4.78, 5) is 53.4. The number of carbonyl (C=O) groups is 4. The number of hydrogen-bond donors (Lipinski definition) is 2. The van der Waals surface area contributed by atoms with E-state index in [1.54, 1.807) is 12.1 Å². The van der Waals surface area contributed by atoms with E-state index in [-0.39, 0.29) is 24.3 Å². The Morgan fingerprint density at radius 2 is 1.78 bits per heavy atom. The second-order valence-electron chi connectivity index (χ2n) is 10.0. The van der Waals surface area contributed by atoms with Crippen LogP contribution >= 0.6 is 0 Å². The number of benzene rings is 1. The molecule has 0 aromatic heterocycles. The molecule has 8 heteroatoms. The Bertz CT molecular complexity index is 944. The van der Waals surface area contributed by atoms with Crippen LogP contribution in [0.5, 0.6) is 0 Å². The van der Waals surface area contributed by atoms with Crippen molar-refractivity contribution in [3.05, 3.63) is 34.9 Å². The molecule has 0 aliphatic carbocycles. The Kier molecular flexibility index (Phi) is 6.18. The van der Waals surface area contributed by atoms with E-state index in [0.29, 0.717) is 23.6 Å².